The molecule has 0 fully saturated rings. The van der Waals surface area contributed by atoms with Crippen LogP contribution in [0.3, 0.4) is 0 Å². The summed E-state index contributed by atoms with van der Waals surface area (Å²) in [4.78, 5) is 0. The molecular formula is C56H52F14O6. The number of ether oxygens (including phenoxy) is 6. The lowest BCUT2D eigenvalue weighted by molar-refractivity contribution is -0.190. The van der Waals surface area contributed by atoms with Gasteiger partial charge in [0.2, 0.25) is 0 Å². The van der Waals surface area contributed by atoms with E-state index in [9.17, 15) is 61.5 Å². The van der Waals surface area contributed by atoms with E-state index in [4.69, 9.17) is 18.9 Å². The molecule has 0 atom stereocenters. The summed E-state index contributed by atoms with van der Waals surface area (Å²) in [5.41, 5.74) is -3.18. The summed E-state index contributed by atoms with van der Waals surface area (Å²) in [6, 6.07) is 15.3. The Hall–Kier alpha value is -6.54. The lowest BCUT2D eigenvalue weighted by atomic mass is 10.0. The first-order valence-electron chi connectivity index (χ1n) is 24.3. The largest absolute Gasteiger partial charge is 0.494 e. The van der Waals surface area contributed by atoms with Crippen molar-refractivity contribution in [2.75, 3.05) is 39.6 Å². The van der Waals surface area contributed by atoms with Crippen LogP contribution in [0, 0.1) is 64.1 Å². The summed E-state index contributed by atoms with van der Waals surface area (Å²) in [5.74, 6) is -19.0. The highest BCUT2D eigenvalue weighted by molar-refractivity contribution is 5.66. The Morgan fingerprint density at radius 3 is 1.00 bits per heavy atom. The fourth-order valence-corrected chi connectivity index (χ4v) is 7.93. The molecule has 0 spiro atoms. The standard InChI is InChI=1S/C56H52F14O6/c1-2-11-34(32-71-20-7-3-5-9-22-73-39-16-12-35(13-17-39)37-24-43(57)51(44(58)25-37)55(67,68)75-41-28-47(61)53(65)48(62)29-41)33-72-21-8-4-6-10-23-74-40-18-14-36(15-19-40)38-26-45(59)52(46(60)27-38)56(69,70)76-42-30-49(63)54(66)50(64)31-42/h12-19,24-31,34H,2-11,20-23,32-33H2,1H3. The highest BCUT2D eigenvalue weighted by Crippen LogP contribution is 2.40. The predicted octanol–water partition coefficient (Wildman–Crippen LogP) is 16.7. The van der Waals surface area contributed by atoms with Crippen molar-refractivity contribution in [3.05, 3.63) is 166 Å². The first-order chi connectivity index (χ1) is 36.3. The molecule has 6 aromatic carbocycles. The van der Waals surface area contributed by atoms with Gasteiger partial charge in [0.05, 0.1) is 26.4 Å². The summed E-state index contributed by atoms with van der Waals surface area (Å²) in [6.07, 6.45) is -0.650. The smallest absolute Gasteiger partial charge is 0.432 e. The number of hydrogen-bond acceptors (Lipinski definition) is 6. The Morgan fingerprint density at radius 2 is 0.684 bits per heavy atom. The van der Waals surface area contributed by atoms with Gasteiger partial charge in [0, 0.05) is 43.4 Å². The third-order valence-corrected chi connectivity index (χ3v) is 11.8. The molecule has 0 aliphatic rings. The van der Waals surface area contributed by atoms with Gasteiger partial charge in [-0.05, 0) is 116 Å². The van der Waals surface area contributed by atoms with E-state index in [0.717, 1.165) is 64.2 Å². The molecule has 0 bridgehead atoms. The van der Waals surface area contributed by atoms with Crippen LogP contribution in [-0.4, -0.2) is 39.6 Å². The number of unbranched alkanes of at least 4 members (excludes halogenated alkanes) is 6. The fourth-order valence-electron chi connectivity index (χ4n) is 7.93. The molecule has 0 radical (unpaired) electrons. The normalized spacial score (nSPS) is 11.9. The second kappa shape index (κ2) is 27.5. The maximum Gasteiger partial charge on any atom is 0.432 e. The Balaban J connectivity index is 0.792. The van der Waals surface area contributed by atoms with E-state index >= 15 is 0 Å². The van der Waals surface area contributed by atoms with Crippen molar-refractivity contribution in [1.29, 1.82) is 0 Å². The SMILES string of the molecule is CCCC(COCCCCCCOc1ccc(-c2cc(F)c(C(F)(F)Oc3cc(F)c(F)c(F)c3)c(F)c2)cc1)COCCCCCCOc1ccc(-c2cc(F)c(C(F)(F)Oc3cc(F)c(F)c(F)c3)c(F)c2)cc1. The Bertz CT molecular complexity index is 2550. The fraction of sp³-hybridized carbons (Fsp3) is 0.357. The predicted molar refractivity (Wildman–Crippen MR) is 253 cm³/mol. The van der Waals surface area contributed by atoms with Crippen LogP contribution in [0.1, 0.15) is 82.3 Å². The van der Waals surface area contributed by atoms with Gasteiger partial charge in [0.1, 0.15) is 57.4 Å². The monoisotopic (exact) mass is 1090 g/mol. The second-order valence-electron chi connectivity index (χ2n) is 17.6. The zero-order valence-electron chi connectivity index (χ0n) is 40.9. The van der Waals surface area contributed by atoms with Crippen molar-refractivity contribution >= 4 is 0 Å². The van der Waals surface area contributed by atoms with Gasteiger partial charge in [0.15, 0.2) is 34.9 Å². The Morgan fingerprint density at radius 1 is 0.368 bits per heavy atom. The van der Waals surface area contributed by atoms with E-state index in [1.807, 2.05) is 0 Å². The molecule has 0 saturated heterocycles. The molecule has 6 nitrogen and oxygen atoms in total. The molecule has 76 heavy (non-hydrogen) atoms. The maximum absolute atomic E-state index is 14.9. The third kappa shape index (κ3) is 16.5. The number of alkyl halides is 4. The van der Waals surface area contributed by atoms with Crippen molar-refractivity contribution in [1.82, 2.24) is 0 Å². The molecule has 0 amide bonds. The van der Waals surface area contributed by atoms with Gasteiger partial charge in [-0.1, -0.05) is 50.5 Å². The average Bonchev–Trinajstić information content (AvgIpc) is 3.35. The van der Waals surface area contributed by atoms with Crippen molar-refractivity contribution in [2.24, 2.45) is 5.92 Å². The molecular weight excluding hydrogens is 1030 g/mol. The minimum Gasteiger partial charge on any atom is -0.494 e. The van der Waals surface area contributed by atoms with Gasteiger partial charge in [-0.15, -0.1) is 0 Å². The minimum absolute atomic E-state index is 0.0770. The zero-order chi connectivity index (χ0) is 55.0. The van der Waals surface area contributed by atoms with Crippen molar-refractivity contribution in [2.45, 2.75) is 83.3 Å². The van der Waals surface area contributed by atoms with E-state index in [2.05, 4.69) is 16.4 Å². The van der Waals surface area contributed by atoms with Gasteiger partial charge in [0.25, 0.3) is 0 Å². The quantitative estimate of drug-likeness (QED) is 0.0255. The average molecular weight is 1090 g/mol. The van der Waals surface area contributed by atoms with Crippen LogP contribution in [-0.2, 0) is 21.7 Å². The van der Waals surface area contributed by atoms with Crippen LogP contribution in [0.2, 0.25) is 0 Å². The highest BCUT2D eigenvalue weighted by Gasteiger charge is 2.43. The van der Waals surface area contributed by atoms with E-state index < -0.39 is 93.0 Å². The van der Waals surface area contributed by atoms with E-state index in [1.54, 1.807) is 24.3 Å². The molecule has 20 heteroatoms. The molecule has 0 heterocycles. The third-order valence-electron chi connectivity index (χ3n) is 11.8. The lowest BCUT2D eigenvalue weighted by Gasteiger charge is -2.20. The topological polar surface area (TPSA) is 55.4 Å². The van der Waals surface area contributed by atoms with Crippen LogP contribution in [0.5, 0.6) is 23.0 Å². The number of benzene rings is 6. The highest BCUT2D eigenvalue weighted by atomic mass is 19.3. The first kappa shape index (κ1) is 58.7. The maximum atomic E-state index is 14.9. The molecule has 6 aromatic rings. The second-order valence-corrected chi connectivity index (χ2v) is 17.6. The molecule has 0 aliphatic heterocycles. The van der Waals surface area contributed by atoms with Crippen LogP contribution in [0.25, 0.3) is 22.3 Å². The van der Waals surface area contributed by atoms with Crippen LogP contribution >= 0.6 is 0 Å². The van der Waals surface area contributed by atoms with Gasteiger partial charge >= 0.3 is 12.2 Å². The first-order valence-corrected chi connectivity index (χ1v) is 24.3. The van der Waals surface area contributed by atoms with Gasteiger partial charge in [-0.3, -0.25) is 0 Å². The molecule has 0 aromatic heterocycles. The van der Waals surface area contributed by atoms with Gasteiger partial charge < -0.3 is 28.4 Å². The lowest BCUT2D eigenvalue weighted by Crippen LogP contribution is -2.25. The molecule has 0 saturated carbocycles. The van der Waals surface area contributed by atoms with Crippen molar-refractivity contribution < 1.29 is 89.9 Å². The minimum atomic E-state index is -4.70. The summed E-state index contributed by atoms with van der Waals surface area (Å²) < 4.78 is 230. The van der Waals surface area contributed by atoms with Crippen LogP contribution in [0.4, 0.5) is 61.5 Å². The summed E-state index contributed by atoms with van der Waals surface area (Å²) in [6.45, 7) is 5.28. The number of hydrogen-bond donors (Lipinski definition) is 0. The van der Waals surface area contributed by atoms with E-state index in [-0.39, 0.29) is 52.4 Å². The molecule has 6 rings (SSSR count). The van der Waals surface area contributed by atoms with Gasteiger partial charge in [-0.2, -0.15) is 17.6 Å². The van der Waals surface area contributed by atoms with Gasteiger partial charge in [-0.25, -0.2) is 43.9 Å². The van der Waals surface area contributed by atoms with Crippen LogP contribution < -0.4 is 18.9 Å². The summed E-state index contributed by atoms with van der Waals surface area (Å²) in [5, 5.41) is 0. The summed E-state index contributed by atoms with van der Waals surface area (Å²) in [7, 11) is 0. The molecule has 410 valence electrons. The van der Waals surface area contributed by atoms with Crippen LogP contribution in [0.15, 0.2) is 97.1 Å². The zero-order valence-corrected chi connectivity index (χ0v) is 40.9. The number of rotatable bonds is 30. The van der Waals surface area contributed by atoms with E-state index in [1.165, 1.54) is 24.3 Å². The molecule has 0 aliphatic carbocycles. The molecule has 0 unspecified atom stereocenters. The Labute approximate surface area is 429 Å². The van der Waals surface area contributed by atoms with Crippen molar-refractivity contribution in [3.63, 3.8) is 0 Å². The summed E-state index contributed by atoms with van der Waals surface area (Å²) >= 11 is 0. The van der Waals surface area contributed by atoms with E-state index in [0.29, 0.717) is 75.4 Å². The Kier molecular flexibility index (Phi) is 21.2. The molecule has 0 N–H and O–H groups in total. The number of halogens is 14. The van der Waals surface area contributed by atoms with Crippen molar-refractivity contribution in [3.8, 4) is 45.3 Å².